The highest BCUT2D eigenvalue weighted by atomic mass is 35.5. The summed E-state index contributed by atoms with van der Waals surface area (Å²) in [7, 11) is -3.72. The summed E-state index contributed by atoms with van der Waals surface area (Å²) in [4.78, 5) is 7.74. The van der Waals surface area contributed by atoms with Gasteiger partial charge in [0.1, 0.15) is 15.9 Å². The third kappa shape index (κ3) is 3.12. The Bertz CT molecular complexity index is 701. The Morgan fingerprint density at radius 1 is 1.26 bits per heavy atom. The van der Waals surface area contributed by atoms with Gasteiger partial charge in [-0.3, -0.25) is 4.72 Å². The summed E-state index contributed by atoms with van der Waals surface area (Å²) in [6.45, 7) is 1.66. The summed E-state index contributed by atoms with van der Waals surface area (Å²) in [5, 5.41) is 0.301. The highest BCUT2D eigenvalue weighted by molar-refractivity contribution is 7.92. The zero-order chi connectivity index (χ0) is 14.0. The third-order valence-electron chi connectivity index (χ3n) is 2.37. The minimum atomic E-state index is -3.72. The second-order valence-corrected chi connectivity index (χ2v) is 5.86. The maximum absolute atomic E-state index is 12.1. The van der Waals surface area contributed by atoms with E-state index >= 15 is 0 Å². The molecule has 0 aromatic carbocycles. The number of nitrogens with two attached hydrogens (primary N) is 1. The van der Waals surface area contributed by atoms with Crippen LogP contribution >= 0.6 is 11.6 Å². The van der Waals surface area contributed by atoms with Crippen LogP contribution in [-0.4, -0.2) is 18.4 Å². The van der Waals surface area contributed by atoms with E-state index in [1.54, 1.807) is 13.0 Å². The maximum Gasteiger partial charge on any atom is 0.263 e. The molecule has 0 radical (unpaired) electrons. The van der Waals surface area contributed by atoms with Crippen LogP contribution in [0.1, 0.15) is 5.69 Å². The molecule has 19 heavy (non-hydrogen) atoms. The van der Waals surface area contributed by atoms with Crippen LogP contribution in [0.25, 0.3) is 0 Å². The molecule has 6 nitrogen and oxygen atoms in total. The lowest BCUT2D eigenvalue weighted by Crippen LogP contribution is -2.14. The largest absolute Gasteiger partial charge is 0.384 e. The van der Waals surface area contributed by atoms with E-state index in [4.69, 9.17) is 17.3 Å². The lowest BCUT2D eigenvalue weighted by molar-refractivity contribution is 0.601. The molecule has 0 saturated heterocycles. The minimum absolute atomic E-state index is 0.0241. The first-order valence-electron chi connectivity index (χ1n) is 5.26. The predicted octanol–water partition coefficient (Wildman–Crippen LogP) is 1.82. The van der Waals surface area contributed by atoms with Crippen molar-refractivity contribution in [2.24, 2.45) is 0 Å². The third-order valence-corrected chi connectivity index (χ3v) is 3.93. The standard InChI is InChI=1S/C11H11ClN4O2S/c1-7-9(3-4-10(12)15-7)16-19(17,18)8-2-5-11(13)14-6-8/h2-6,16H,1H3,(H2,13,14). The monoisotopic (exact) mass is 298 g/mol. The van der Waals surface area contributed by atoms with Crippen LogP contribution in [0.4, 0.5) is 11.5 Å². The summed E-state index contributed by atoms with van der Waals surface area (Å²) in [6.07, 6.45) is 1.19. The Labute approximate surface area is 115 Å². The van der Waals surface area contributed by atoms with Crippen molar-refractivity contribution in [2.45, 2.75) is 11.8 Å². The number of aryl methyl sites for hydroxylation is 1. The quantitative estimate of drug-likeness (QED) is 0.842. The number of anilines is 2. The molecule has 3 N–H and O–H groups in total. The van der Waals surface area contributed by atoms with Gasteiger partial charge in [0.2, 0.25) is 0 Å². The summed E-state index contributed by atoms with van der Waals surface area (Å²) in [6, 6.07) is 5.85. The molecule has 2 rings (SSSR count). The number of nitrogens with one attached hydrogen (secondary N) is 1. The second kappa shape index (κ2) is 5.02. The van der Waals surface area contributed by atoms with Crippen molar-refractivity contribution in [1.82, 2.24) is 9.97 Å². The van der Waals surface area contributed by atoms with Crippen LogP contribution in [0.3, 0.4) is 0 Å². The van der Waals surface area contributed by atoms with E-state index in [1.165, 1.54) is 24.4 Å². The molecule has 2 heterocycles. The molecule has 2 aromatic heterocycles. The molecule has 0 unspecified atom stereocenters. The fourth-order valence-corrected chi connectivity index (χ4v) is 2.64. The van der Waals surface area contributed by atoms with Gasteiger partial charge in [-0.15, -0.1) is 0 Å². The van der Waals surface area contributed by atoms with Gasteiger partial charge in [0.15, 0.2) is 0 Å². The molecule has 8 heteroatoms. The summed E-state index contributed by atoms with van der Waals surface area (Å²) < 4.78 is 26.6. The number of pyridine rings is 2. The highest BCUT2D eigenvalue weighted by Crippen LogP contribution is 2.20. The van der Waals surface area contributed by atoms with Gasteiger partial charge in [-0.25, -0.2) is 18.4 Å². The molecule has 0 amide bonds. The number of halogens is 1. The molecular weight excluding hydrogens is 288 g/mol. The molecule has 2 aromatic rings. The van der Waals surface area contributed by atoms with Crippen molar-refractivity contribution in [1.29, 1.82) is 0 Å². The van der Waals surface area contributed by atoms with E-state index in [-0.39, 0.29) is 10.7 Å². The van der Waals surface area contributed by atoms with E-state index in [1.807, 2.05) is 0 Å². The highest BCUT2D eigenvalue weighted by Gasteiger charge is 2.16. The van der Waals surface area contributed by atoms with Crippen molar-refractivity contribution < 1.29 is 8.42 Å². The Balaban J connectivity index is 2.33. The van der Waals surface area contributed by atoms with E-state index in [0.29, 0.717) is 16.5 Å². The average molecular weight is 299 g/mol. The van der Waals surface area contributed by atoms with Gasteiger partial charge in [-0.2, -0.15) is 0 Å². The Kier molecular flexibility index (Phi) is 3.59. The molecule has 100 valence electrons. The van der Waals surface area contributed by atoms with E-state index in [0.717, 1.165) is 0 Å². The van der Waals surface area contributed by atoms with Crippen molar-refractivity contribution >= 4 is 33.1 Å². The van der Waals surface area contributed by atoms with E-state index in [9.17, 15) is 8.42 Å². The average Bonchev–Trinajstić information content (AvgIpc) is 2.33. The summed E-state index contributed by atoms with van der Waals surface area (Å²) in [5.74, 6) is 0.253. The molecule has 0 spiro atoms. The van der Waals surface area contributed by atoms with Gasteiger partial charge in [0, 0.05) is 6.20 Å². The van der Waals surface area contributed by atoms with Gasteiger partial charge in [0.05, 0.1) is 11.4 Å². The maximum atomic E-state index is 12.1. The first-order valence-corrected chi connectivity index (χ1v) is 7.12. The number of hydrogen-bond acceptors (Lipinski definition) is 5. The van der Waals surface area contributed by atoms with Crippen LogP contribution in [0.15, 0.2) is 35.4 Å². The van der Waals surface area contributed by atoms with Crippen LogP contribution in [-0.2, 0) is 10.0 Å². The van der Waals surface area contributed by atoms with E-state index in [2.05, 4.69) is 14.7 Å². The van der Waals surface area contributed by atoms with Gasteiger partial charge < -0.3 is 5.73 Å². The van der Waals surface area contributed by atoms with Crippen LogP contribution in [0.2, 0.25) is 5.15 Å². The summed E-state index contributed by atoms with van der Waals surface area (Å²) in [5.41, 5.74) is 6.26. The molecule has 0 aliphatic carbocycles. The molecule has 0 atom stereocenters. The molecule has 0 saturated carbocycles. The molecule has 0 aliphatic heterocycles. The molecule has 0 bridgehead atoms. The smallest absolute Gasteiger partial charge is 0.263 e. The van der Waals surface area contributed by atoms with Crippen LogP contribution in [0.5, 0.6) is 0 Å². The van der Waals surface area contributed by atoms with Gasteiger partial charge in [-0.05, 0) is 31.2 Å². The first-order chi connectivity index (χ1) is 8.88. The summed E-state index contributed by atoms with van der Waals surface area (Å²) >= 11 is 5.71. The number of aromatic nitrogens is 2. The number of hydrogen-bond donors (Lipinski definition) is 2. The van der Waals surface area contributed by atoms with Gasteiger partial charge >= 0.3 is 0 Å². The van der Waals surface area contributed by atoms with E-state index < -0.39 is 10.0 Å². The molecule has 0 fully saturated rings. The number of sulfonamides is 1. The topological polar surface area (TPSA) is 98.0 Å². The second-order valence-electron chi connectivity index (χ2n) is 3.79. The van der Waals surface area contributed by atoms with Crippen molar-refractivity contribution in [3.8, 4) is 0 Å². The first kappa shape index (κ1) is 13.6. The zero-order valence-electron chi connectivity index (χ0n) is 9.96. The number of nitrogens with zero attached hydrogens (tertiary/aromatic N) is 2. The fraction of sp³-hybridized carbons (Fsp3) is 0.0909. The normalized spacial score (nSPS) is 11.3. The minimum Gasteiger partial charge on any atom is -0.384 e. The zero-order valence-corrected chi connectivity index (χ0v) is 11.5. The Morgan fingerprint density at radius 3 is 2.58 bits per heavy atom. The fourth-order valence-electron chi connectivity index (χ4n) is 1.39. The lowest BCUT2D eigenvalue weighted by atomic mass is 10.3. The van der Waals surface area contributed by atoms with Crippen LogP contribution < -0.4 is 10.5 Å². The lowest BCUT2D eigenvalue weighted by Gasteiger charge is -2.09. The molecule has 0 aliphatic rings. The van der Waals surface area contributed by atoms with Gasteiger partial charge in [0.25, 0.3) is 10.0 Å². The number of nitrogen functional groups attached to an aromatic ring is 1. The Morgan fingerprint density at radius 2 is 2.00 bits per heavy atom. The molecular formula is C11H11ClN4O2S. The predicted molar refractivity (Wildman–Crippen MR) is 73.4 cm³/mol. The van der Waals surface area contributed by atoms with Crippen molar-refractivity contribution in [2.75, 3.05) is 10.5 Å². The number of rotatable bonds is 3. The van der Waals surface area contributed by atoms with Crippen molar-refractivity contribution in [3.63, 3.8) is 0 Å². The Hall–Kier alpha value is -1.86. The van der Waals surface area contributed by atoms with Crippen LogP contribution in [0, 0.1) is 6.92 Å². The van der Waals surface area contributed by atoms with Gasteiger partial charge in [-0.1, -0.05) is 11.6 Å². The SMILES string of the molecule is Cc1nc(Cl)ccc1NS(=O)(=O)c1ccc(N)nc1. The van der Waals surface area contributed by atoms with Crippen molar-refractivity contribution in [3.05, 3.63) is 41.3 Å².